The molecule has 23 heavy (non-hydrogen) atoms. The van der Waals surface area contributed by atoms with E-state index in [-0.39, 0.29) is 0 Å². The van der Waals surface area contributed by atoms with E-state index in [9.17, 15) is 0 Å². The van der Waals surface area contributed by atoms with Crippen LogP contribution in [0.1, 0.15) is 90.9 Å². The highest BCUT2D eigenvalue weighted by atomic mass is 16.5. The van der Waals surface area contributed by atoms with Gasteiger partial charge in [-0.05, 0) is 12.8 Å². The Hall–Kier alpha value is -0.700. The third-order valence-electron chi connectivity index (χ3n) is 4.55. The van der Waals surface area contributed by atoms with E-state index in [2.05, 4.69) is 36.0 Å². The molecule has 0 fully saturated rings. The van der Waals surface area contributed by atoms with E-state index < -0.39 is 0 Å². The van der Waals surface area contributed by atoms with Gasteiger partial charge in [-0.25, -0.2) is 0 Å². The van der Waals surface area contributed by atoms with Gasteiger partial charge in [0.2, 0.25) is 0 Å². The van der Waals surface area contributed by atoms with Gasteiger partial charge in [-0.3, -0.25) is 0 Å². The van der Waals surface area contributed by atoms with Crippen molar-refractivity contribution in [1.82, 2.24) is 9.80 Å². The van der Waals surface area contributed by atoms with Crippen molar-refractivity contribution in [2.75, 3.05) is 26.6 Å². The van der Waals surface area contributed by atoms with Crippen molar-refractivity contribution in [3.8, 4) is 0 Å². The van der Waals surface area contributed by atoms with Crippen molar-refractivity contribution >= 4 is 0 Å². The number of hydrogen-bond donors (Lipinski definition) is 0. The summed E-state index contributed by atoms with van der Waals surface area (Å²) in [6.07, 6.45) is 20.6. The van der Waals surface area contributed by atoms with Gasteiger partial charge in [-0.2, -0.15) is 0 Å². The summed E-state index contributed by atoms with van der Waals surface area (Å²) in [6, 6.07) is 0. The normalized spacial score (nSPS) is 14.2. The first-order chi connectivity index (χ1) is 11.4. The lowest BCUT2D eigenvalue weighted by atomic mass is 10.1. The van der Waals surface area contributed by atoms with Gasteiger partial charge in [0.15, 0.2) is 0 Å². The molecule has 1 heterocycles. The van der Waals surface area contributed by atoms with E-state index in [1.807, 2.05) is 0 Å². The zero-order valence-corrected chi connectivity index (χ0v) is 15.8. The van der Waals surface area contributed by atoms with Crippen molar-refractivity contribution in [2.45, 2.75) is 90.9 Å². The topological polar surface area (TPSA) is 15.7 Å². The van der Waals surface area contributed by atoms with Crippen molar-refractivity contribution < 1.29 is 4.74 Å². The predicted octanol–water partition coefficient (Wildman–Crippen LogP) is 5.73. The maximum Gasteiger partial charge on any atom is 0.119 e. The minimum atomic E-state index is 0.748. The molecule has 0 spiro atoms. The van der Waals surface area contributed by atoms with Crippen LogP contribution in [0.25, 0.3) is 0 Å². The second kappa shape index (κ2) is 14.9. The van der Waals surface area contributed by atoms with Crippen LogP contribution in [0.15, 0.2) is 12.4 Å². The van der Waals surface area contributed by atoms with Crippen molar-refractivity contribution in [1.29, 1.82) is 0 Å². The van der Waals surface area contributed by atoms with Crippen molar-refractivity contribution in [3.05, 3.63) is 12.4 Å². The molecule has 1 aliphatic rings. The van der Waals surface area contributed by atoms with Crippen LogP contribution in [0.3, 0.4) is 0 Å². The fourth-order valence-corrected chi connectivity index (χ4v) is 3.01. The molecule has 1 rings (SSSR count). The van der Waals surface area contributed by atoms with E-state index in [4.69, 9.17) is 4.74 Å². The number of ether oxygens (including phenoxy) is 1. The number of hydrogen-bond acceptors (Lipinski definition) is 3. The summed E-state index contributed by atoms with van der Waals surface area (Å²) in [7, 11) is 0. The average Bonchev–Trinajstić information content (AvgIpc) is 3.01. The van der Waals surface area contributed by atoms with E-state index in [0.29, 0.717) is 0 Å². The standard InChI is InChI=1S/C20H40N2O/c1-3-5-7-9-11-13-15-21-16-17-22(19-21)20-23-18-14-12-10-8-6-4-2/h16-17H,3-15,18-20H2,1-2H3. The lowest BCUT2D eigenvalue weighted by Gasteiger charge is -2.21. The molecule has 0 aromatic heterocycles. The minimum absolute atomic E-state index is 0.748. The molecule has 0 atom stereocenters. The lowest BCUT2D eigenvalue weighted by molar-refractivity contribution is 0.0423. The SMILES string of the molecule is CCCCCCCCOCN1C=CN(CCCCCCCC)C1. The Morgan fingerprint density at radius 3 is 1.96 bits per heavy atom. The van der Waals surface area contributed by atoms with Crippen LogP contribution in [0, 0.1) is 0 Å². The first-order valence-corrected chi connectivity index (χ1v) is 10.1. The number of unbranched alkanes of at least 4 members (excludes halogenated alkanes) is 10. The van der Waals surface area contributed by atoms with Crippen LogP contribution in [0.4, 0.5) is 0 Å². The highest BCUT2D eigenvalue weighted by molar-refractivity contribution is 4.89. The van der Waals surface area contributed by atoms with Crippen LogP contribution in [-0.4, -0.2) is 36.4 Å². The molecule has 3 nitrogen and oxygen atoms in total. The van der Waals surface area contributed by atoms with Gasteiger partial charge in [0.05, 0.1) is 6.67 Å². The summed E-state index contributed by atoms with van der Waals surface area (Å²) in [6.45, 7) is 8.40. The smallest absolute Gasteiger partial charge is 0.119 e. The molecule has 0 saturated heterocycles. The van der Waals surface area contributed by atoms with Crippen molar-refractivity contribution in [2.24, 2.45) is 0 Å². The summed E-state index contributed by atoms with van der Waals surface area (Å²) >= 11 is 0. The van der Waals surface area contributed by atoms with Gasteiger partial charge >= 0.3 is 0 Å². The van der Waals surface area contributed by atoms with E-state index in [0.717, 1.165) is 20.0 Å². The fourth-order valence-electron chi connectivity index (χ4n) is 3.01. The van der Waals surface area contributed by atoms with Gasteiger partial charge in [-0.15, -0.1) is 0 Å². The second-order valence-electron chi connectivity index (χ2n) is 6.91. The number of nitrogens with zero attached hydrogens (tertiary/aromatic N) is 2. The Bertz CT molecular complexity index is 281. The second-order valence-corrected chi connectivity index (χ2v) is 6.91. The van der Waals surface area contributed by atoms with Gasteiger partial charge in [0.1, 0.15) is 6.73 Å². The Kier molecular flexibility index (Phi) is 13.1. The van der Waals surface area contributed by atoms with Gasteiger partial charge in [0.25, 0.3) is 0 Å². The zero-order valence-electron chi connectivity index (χ0n) is 15.8. The molecule has 3 heteroatoms. The molecule has 0 aromatic carbocycles. The highest BCUT2D eigenvalue weighted by Crippen LogP contribution is 2.11. The highest BCUT2D eigenvalue weighted by Gasteiger charge is 2.11. The van der Waals surface area contributed by atoms with E-state index in [1.54, 1.807) is 0 Å². The van der Waals surface area contributed by atoms with Crippen LogP contribution < -0.4 is 0 Å². The Labute approximate surface area is 145 Å². The molecule has 0 radical (unpaired) electrons. The molecule has 0 saturated carbocycles. The van der Waals surface area contributed by atoms with E-state index >= 15 is 0 Å². The molecule has 0 unspecified atom stereocenters. The summed E-state index contributed by atoms with van der Waals surface area (Å²) < 4.78 is 5.79. The summed E-state index contributed by atoms with van der Waals surface area (Å²) in [5.74, 6) is 0. The molecule has 0 aromatic rings. The third-order valence-corrected chi connectivity index (χ3v) is 4.55. The molecular weight excluding hydrogens is 284 g/mol. The minimum Gasteiger partial charge on any atom is -0.361 e. The quantitative estimate of drug-likeness (QED) is 0.337. The van der Waals surface area contributed by atoms with Crippen LogP contribution in [-0.2, 0) is 4.74 Å². The zero-order chi connectivity index (χ0) is 16.6. The largest absolute Gasteiger partial charge is 0.361 e. The Morgan fingerprint density at radius 2 is 1.26 bits per heavy atom. The molecule has 0 amide bonds. The molecule has 1 aliphatic heterocycles. The average molecular weight is 325 g/mol. The molecule has 136 valence electrons. The summed E-state index contributed by atoms with van der Waals surface area (Å²) in [4.78, 5) is 4.68. The maximum atomic E-state index is 5.79. The summed E-state index contributed by atoms with van der Waals surface area (Å²) in [5, 5.41) is 0. The fraction of sp³-hybridized carbons (Fsp3) is 0.900. The molecular formula is C20H40N2O. The van der Waals surface area contributed by atoms with Crippen LogP contribution in [0.2, 0.25) is 0 Å². The first kappa shape index (κ1) is 20.3. The van der Waals surface area contributed by atoms with Gasteiger partial charge < -0.3 is 14.5 Å². The van der Waals surface area contributed by atoms with E-state index in [1.165, 1.54) is 83.6 Å². The summed E-state index contributed by atoms with van der Waals surface area (Å²) in [5.41, 5.74) is 0. The predicted molar refractivity (Wildman–Crippen MR) is 100 cm³/mol. The molecule has 0 bridgehead atoms. The lowest BCUT2D eigenvalue weighted by Crippen LogP contribution is -2.28. The third kappa shape index (κ3) is 11.5. The number of rotatable bonds is 16. The van der Waals surface area contributed by atoms with Gasteiger partial charge in [0, 0.05) is 25.6 Å². The Balaban J connectivity index is 1.86. The van der Waals surface area contributed by atoms with Crippen LogP contribution in [0.5, 0.6) is 0 Å². The monoisotopic (exact) mass is 324 g/mol. The van der Waals surface area contributed by atoms with Gasteiger partial charge in [-0.1, -0.05) is 78.1 Å². The molecule has 0 aliphatic carbocycles. The van der Waals surface area contributed by atoms with Crippen molar-refractivity contribution in [3.63, 3.8) is 0 Å². The maximum absolute atomic E-state index is 5.79. The van der Waals surface area contributed by atoms with Crippen LogP contribution >= 0.6 is 0 Å². The first-order valence-electron chi connectivity index (χ1n) is 10.1. The Morgan fingerprint density at radius 1 is 0.696 bits per heavy atom. The molecule has 0 N–H and O–H groups in total.